The van der Waals surface area contributed by atoms with Crippen molar-refractivity contribution in [2.24, 2.45) is 0 Å². The lowest BCUT2D eigenvalue weighted by Crippen LogP contribution is -2.47. The highest BCUT2D eigenvalue weighted by atomic mass is 19.4. The molecular weight excluding hydrogens is 537 g/mol. The number of nitrogens with one attached hydrogen (secondary N) is 3. The predicted molar refractivity (Wildman–Crippen MR) is 151 cm³/mol. The topological polar surface area (TPSA) is 108 Å². The first kappa shape index (κ1) is 29.6. The van der Waals surface area contributed by atoms with E-state index in [0.29, 0.717) is 32.0 Å². The molecule has 2 aromatic rings. The molecule has 2 amide bonds. The zero-order valence-electron chi connectivity index (χ0n) is 23.1. The van der Waals surface area contributed by atoms with E-state index in [1.807, 2.05) is 18.2 Å². The quantitative estimate of drug-likeness (QED) is 0.324. The van der Waals surface area contributed by atoms with Gasteiger partial charge in [0.05, 0.1) is 11.4 Å². The monoisotopic (exact) mass is 570 g/mol. The van der Waals surface area contributed by atoms with Crippen molar-refractivity contribution in [3.63, 3.8) is 0 Å². The van der Waals surface area contributed by atoms with Gasteiger partial charge in [0.2, 0.25) is 11.9 Å². The normalized spacial score (nSPS) is 16.8. The minimum Gasteiger partial charge on any atom is -0.444 e. The third-order valence-corrected chi connectivity index (χ3v) is 6.31. The number of benzene rings is 1. The molecule has 1 aromatic heterocycles. The first-order valence-corrected chi connectivity index (χ1v) is 13.2. The molecule has 1 saturated heterocycles. The number of rotatable bonds is 8. The van der Waals surface area contributed by atoms with Crippen LogP contribution in [0.5, 0.6) is 0 Å². The molecule has 1 aromatic carbocycles. The SMILES string of the molecule is C=CC(=O)Nc1cc(CC2=CC=C2)ccc1Nc1nc(N[C@H]2CCCN(C(=O)OC(C)(C)C)C2)ncc1C(F)(F)F. The molecule has 4 rings (SSSR count). The van der Waals surface area contributed by atoms with Crippen LogP contribution in [0, 0.1) is 0 Å². The van der Waals surface area contributed by atoms with E-state index in [2.05, 4.69) is 32.5 Å². The molecule has 0 saturated carbocycles. The summed E-state index contributed by atoms with van der Waals surface area (Å²) in [4.78, 5) is 34.2. The highest BCUT2D eigenvalue weighted by Gasteiger charge is 2.36. The van der Waals surface area contributed by atoms with E-state index in [4.69, 9.17) is 4.74 Å². The Balaban J connectivity index is 1.58. The molecule has 0 unspecified atom stereocenters. The number of halogens is 3. The summed E-state index contributed by atoms with van der Waals surface area (Å²) < 4.78 is 47.3. The lowest BCUT2D eigenvalue weighted by atomic mass is 9.99. The Morgan fingerprint density at radius 3 is 2.61 bits per heavy atom. The molecule has 41 heavy (non-hydrogen) atoms. The van der Waals surface area contributed by atoms with Gasteiger partial charge in [0.15, 0.2) is 0 Å². The number of hydrogen-bond acceptors (Lipinski definition) is 7. The molecule has 0 spiro atoms. The van der Waals surface area contributed by atoms with Crippen molar-refractivity contribution in [2.75, 3.05) is 29.0 Å². The molecule has 218 valence electrons. The molecule has 2 aliphatic rings. The van der Waals surface area contributed by atoms with Crippen molar-refractivity contribution in [3.05, 3.63) is 72.0 Å². The fraction of sp³-hybridized carbons (Fsp3) is 0.379. The molecule has 9 nitrogen and oxygen atoms in total. The predicted octanol–water partition coefficient (Wildman–Crippen LogP) is 6.21. The first-order chi connectivity index (χ1) is 19.3. The highest BCUT2D eigenvalue weighted by Crippen LogP contribution is 2.37. The van der Waals surface area contributed by atoms with Gasteiger partial charge in [-0.1, -0.05) is 30.9 Å². The van der Waals surface area contributed by atoms with Crippen LogP contribution in [0.1, 0.15) is 44.7 Å². The van der Waals surface area contributed by atoms with E-state index in [9.17, 15) is 22.8 Å². The number of nitrogens with zero attached hydrogens (tertiary/aromatic N) is 3. The summed E-state index contributed by atoms with van der Waals surface area (Å²) >= 11 is 0. The van der Waals surface area contributed by atoms with E-state index < -0.39 is 35.2 Å². The van der Waals surface area contributed by atoms with Gasteiger partial charge in [0.25, 0.3) is 0 Å². The Bertz CT molecular complexity index is 1380. The molecule has 0 radical (unpaired) electrons. The van der Waals surface area contributed by atoms with Crippen molar-refractivity contribution in [1.29, 1.82) is 0 Å². The summed E-state index contributed by atoms with van der Waals surface area (Å²) in [5.74, 6) is -1.03. The molecule has 12 heteroatoms. The molecule has 1 aliphatic carbocycles. The zero-order valence-corrected chi connectivity index (χ0v) is 23.1. The largest absolute Gasteiger partial charge is 0.444 e. The van der Waals surface area contributed by atoms with Crippen molar-refractivity contribution in [3.8, 4) is 0 Å². The van der Waals surface area contributed by atoms with Crippen LogP contribution in [0.4, 0.5) is 41.1 Å². The summed E-state index contributed by atoms with van der Waals surface area (Å²) in [7, 11) is 0. The summed E-state index contributed by atoms with van der Waals surface area (Å²) in [5.41, 5.74) is 0.715. The number of ether oxygens (including phenoxy) is 1. The van der Waals surface area contributed by atoms with Gasteiger partial charge in [-0.2, -0.15) is 18.2 Å². The Morgan fingerprint density at radius 2 is 1.98 bits per heavy atom. The van der Waals surface area contributed by atoms with Gasteiger partial charge in [-0.3, -0.25) is 4.79 Å². The summed E-state index contributed by atoms with van der Waals surface area (Å²) in [6.07, 6.45) is 4.35. The molecule has 0 bridgehead atoms. The van der Waals surface area contributed by atoms with Gasteiger partial charge in [0.1, 0.15) is 17.0 Å². The Hall–Kier alpha value is -4.35. The van der Waals surface area contributed by atoms with Crippen LogP contribution in [-0.2, 0) is 22.1 Å². The Morgan fingerprint density at radius 1 is 1.22 bits per heavy atom. The maximum atomic E-state index is 13.9. The summed E-state index contributed by atoms with van der Waals surface area (Å²) in [6, 6.07) is 4.75. The fourth-order valence-electron chi connectivity index (χ4n) is 4.33. The molecular formula is C29H33F3N6O3. The van der Waals surface area contributed by atoms with Gasteiger partial charge in [0, 0.05) is 25.3 Å². The molecule has 1 aliphatic heterocycles. The molecule has 3 N–H and O–H groups in total. The number of likely N-dealkylation sites (tertiary alicyclic amines) is 1. The smallest absolute Gasteiger partial charge is 0.421 e. The Kier molecular flexibility index (Phi) is 8.69. The second kappa shape index (κ2) is 12.0. The molecule has 1 atom stereocenters. The number of aromatic nitrogens is 2. The minimum atomic E-state index is -4.74. The van der Waals surface area contributed by atoms with E-state index in [1.165, 1.54) is 0 Å². The first-order valence-electron chi connectivity index (χ1n) is 13.2. The van der Waals surface area contributed by atoms with Crippen molar-refractivity contribution >= 4 is 35.1 Å². The van der Waals surface area contributed by atoms with Crippen LogP contribution < -0.4 is 16.0 Å². The second-order valence-corrected chi connectivity index (χ2v) is 10.8. The van der Waals surface area contributed by atoms with Gasteiger partial charge >= 0.3 is 12.3 Å². The van der Waals surface area contributed by atoms with Crippen LogP contribution in [0.2, 0.25) is 0 Å². The van der Waals surface area contributed by atoms with Gasteiger partial charge < -0.3 is 25.6 Å². The van der Waals surface area contributed by atoms with E-state index >= 15 is 0 Å². The highest BCUT2D eigenvalue weighted by molar-refractivity contribution is 6.01. The number of carbonyl (C=O) groups excluding carboxylic acids is 2. The maximum absolute atomic E-state index is 13.9. The van der Waals surface area contributed by atoms with Crippen LogP contribution in [0.15, 0.2) is 60.9 Å². The number of anilines is 4. The maximum Gasteiger partial charge on any atom is 0.421 e. The van der Waals surface area contributed by atoms with Crippen molar-refractivity contribution in [2.45, 2.75) is 57.9 Å². The van der Waals surface area contributed by atoms with Crippen molar-refractivity contribution in [1.82, 2.24) is 14.9 Å². The second-order valence-electron chi connectivity index (χ2n) is 10.8. The number of amides is 2. The van der Waals surface area contributed by atoms with Crippen LogP contribution in [0.3, 0.4) is 0 Å². The number of piperidine rings is 1. The van der Waals surface area contributed by atoms with E-state index in [-0.39, 0.29) is 29.9 Å². The van der Waals surface area contributed by atoms with Crippen LogP contribution in [-0.4, -0.2) is 51.6 Å². The lowest BCUT2D eigenvalue weighted by Gasteiger charge is -2.34. The summed E-state index contributed by atoms with van der Waals surface area (Å²) in [6.45, 7) is 9.58. The average molecular weight is 571 g/mol. The van der Waals surface area contributed by atoms with Gasteiger partial charge in [-0.25, -0.2) is 9.78 Å². The van der Waals surface area contributed by atoms with Gasteiger partial charge in [-0.15, -0.1) is 0 Å². The Labute approximate surface area is 236 Å². The number of hydrogen-bond donors (Lipinski definition) is 3. The number of allylic oxidation sites excluding steroid dienone is 4. The third-order valence-electron chi connectivity index (χ3n) is 6.31. The van der Waals surface area contributed by atoms with Crippen molar-refractivity contribution < 1.29 is 27.5 Å². The summed E-state index contributed by atoms with van der Waals surface area (Å²) in [5, 5.41) is 8.45. The van der Waals surface area contributed by atoms with Gasteiger partial charge in [-0.05, 0) is 69.4 Å². The molecule has 1 fully saturated rings. The van der Waals surface area contributed by atoms with Crippen LogP contribution >= 0.6 is 0 Å². The third kappa shape index (κ3) is 8.09. The fourth-order valence-corrected chi connectivity index (χ4v) is 4.33. The minimum absolute atomic E-state index is 0.0338. The number of alkyl halides is 3. The van der Waals surface area contributed by atoms with E-state index in [1.54, 1.807) is 43.9 Å². The zero-order chi connectivity index (χ0) is 29.8. The average Bonchev–Trinajstić information content (AvgIpc) is 2.86. The number of carbonyl (C=O) groups is 2. The van der Waals surface area contributed by atoms with E-state index in [0.717, 1.165) is 17.2 Å². The van der Waals surface area contributed by atoms with Crippen LogP contribution in [0.25, 0.3) is 0 Å². The molecule has 2 heterocycles. The standard InChI is InChI=1S/C29H33F3N6O3/c1-5-24(39)35-23-15-19(14-18-8-6-9-18)11-12-22(23)36-25-21(29(30,31)32)16-33-26(37-25)34-20-10-7-13-38(17-20)27(40)41-28(2,3)4/h5-6,8-9,11-12,15-16,20H,1,7,10,13-14,17H2,2-4H3,(H,35,39)(H2,33,34,36,37)/t20-/m0/s1. The lowest BCUT2D eigenvalue weighted by molar-refractivity contribution is -0.137.